The molecule has 0 aliphatic rings. The van der Waals surface area contributed by atoms with E-state index >= 15 is 0 Å². The molecule has 0 saturated heterocycles. The van der Waals surface area contributed by atoms with E-state index in [-0.39, 0.29) is 30.7 Å². The maximum atomic E-state index is 13.8. The van der Waals surface area contributed by atoms with E-state index in [2.05, 4.69) is 20.9 Å². The van der Waals surface area contributed by atoms with Crippen LogP contribution in [0.1, 0.15) is 56.2 Å². The van der Waals surface area contributed by atoms with Crippen LogP contribution >= 0.6 is 0 Å². The van der Waals surface area contributed by atoms with Crippen molar-refractivity contribution in [1.29, 1.82) is 0 Å². The van der Waals surface area contributed by atoms with Crippen molar-refractivity contribution in [1.82, 2.24) is 25.8 Å². The number of rotatable bonds is 12. The summed E-state index contributed by atoms with van der Waals surface area (Å²) in [5.74, 6) is -1.16. The number of pyridine rings is 1. The number of aliphatic hydroxyl groups is 1. The number of aromatic nitrogens is 1. The Bertz CT molecular complexity index is 1600. The van der Waals surface area contributed by atoms with Gasteiger partial charge in [-0.1, -0.05) is 98.8 Å². The van der Waals surface area contributed by atoms with Gasteiger partial charge in [-0.25, -0.2) is 9.78 Å². The molecule has 0 fully saturated rings. The lowest BCUT2D eigenvalue weighted by Crippen LogP contribution is -2.57. The number of hydrogen-bond acceptors (Lipinski definition) is 5. The van der Waals surface area contributed by atoms with E-state index in [1.807, 2.05) is 126 Å². The number of aliphatic hydroxyl groups excluding tert-OH is 1. The molecule has 3 aromatic carbocycles. The summed E-state index contributed by atoms with van der Waals surface area (Å²) < 4.78 is 0. The Balaban J connectivity index is 1.55. The van der Waals surface area contributed by atoms with Crippen LogP contribution in [0.2, 0.25) is 0 Å². The Kier molecular flexibility index (Phi) is 11.5. The second-order valence-corrected chi connectivity index (χ2v) is 13.0. The second kappa shape index (κ2) is 15.5. The number of hydrogen-bond donors (Lipinski definition) is 4. The Hall–Kier alpha value is -4.76. The maximum Gasteiger partial charge on any atom is 0.318 e. The van der Waals surface area contributed by atoms with Crippen LogP contribution in [0.15, 0.2) is 97.1 Å². The molecule has 0 aliphatic carbocycles. The zero-order valence-electron chi connectivity index (χ0n) is 27.2. The summed E-state index contributed by atoms with van der Waals surface area (Å²) >= 11 is 0. The molecule has 9 nitrogen and oxygen atoms in total. The van der Waals surface area contributed by atoms with Gasteiger partial charge in [-0.15, -0.1) is 0 Å². The van der Waals surface area contributed by atoms with Crippen molar-refractivity contribution in [3.8, 4) is 0 Å². The Labute approximate surface area is 271 Å². The van der Waals surface area contributed by atoms with E-state index in [0.29, 0.717) is 11.9 Å². The van der Waals surface area contributed by atoms with Crippen molar-refractivity contribution < 1.29 is 19.5 Å². The molecule has 0 bridgehead atoms. The predicted molar refractivity (Wildman–Crippen MR) is 181 cm³/mol. The van der Waals surface area contributed by atoms with Crippen LogP contribution in [0.3, 0.4) is 0 Å². The van der Waals surface area contributed by atoms with Crippen molar-refractivity contribution in [2.75, 3.05) is 6.54 Å². The van der Waals surface area contributed by atoms with Gasteiger partial charge in [0.2, 0.25) is 5.91 Å². The van der Waals surface area contributed by atoms with Gasteiger partial charge in [0.1, 0.15) is 11.7 Å². The molecular weight excluding hydrogens is 578 g/mol. The molecule has 0 spiro atoms. The SMILES string of the molecule is CC(C)[C@H](NC(=O)c1ccc2ccccc2n1)C(=O)N[C@@H](Cc1ccccc1)[C@H](O)CN(Cc1ccccc1)C(=O)NC(C)(C)C. The maximum absolute atomic E-state index is 13.8. The normalized spacial score (nSPS) is 13.5. The molecule has 4 aromatic rings. The number of amides is 4. The number of urea groups is 1. The van der Waals surface area contributed by atoms with Crippen LogP contribution in [-0.2, 0) is 17.8 Å². The molecule has 0 saturated carbocycles. The fraction of sp³-hybridized carbons (Fsp3) is 0.351. The summed E-state index contributed by atoms with van der Waals surface area (Å²) in [4.78, 5) is 46.5. The number of carbonyl (C=O) groups is 3. The van der Waals surface area contributed by atoms with Gasteiger partial charge in [0.25, 0.3) is 5.91 Å². The zero-order valence-corrected chi connectivity index (χ0v) is 27.2. The van der Waals surface area contributed by atoms with Gasteiger partial charge in [0.15, 0.2) is 0 Å². The van der Waals surface area contributed by atoms with E-state index in [1.165, 1.54) is 0 Å². The second-order valence-electron chi connectivity index (χ2n) is 13.0. The molecule has 4 amide bonds. The molecule has 4 rings (SSSR count). The number of nitrogens with one attached hydrogen (secondary N) is 3. The third kappa shape index (κ3) is 9.87. The summed E-state index contributed by atoms with van der Waals surface area (Å²) in [7, 11) is 0. The van der Waals surface area contributed by atoms with Crippen molar-refractivity contribution >= 4 is 28.7 Å². The van der Waals surface area contributed by atoms with Gasteiger partial charge in [0, 0.05) is 17.5 Å². The van der Waals surface area contributed by atoms with Gasteiger partial charge in [-0.2, -0.15) is 0 Å². The molecular formula is C37H45N5O4. The average Bonchev–Trinajstić information content (AvgIpc) is 3.02. The predicted octanol–water partition coefficient (Wildman–Crippen LogP) is 5.09. The lowest BCUT2D eigenvalue weighted by molar-refractivity contribution is -0.125. The van der Waals surface area contributed by atoms with E-state index in [0.717, 1.165) is 16.5 Å². The fourth-order valence-corrected chi connectivity index (χ4v) is 5.14. The van der Waals surface area contributed by atoms with Crippen LogP contribution < -0.4 is 16.0 Å². The van der Waals surface area contributed by atoms with Crippen molar-refractivity contribution in [3.05, 3.63) is 114 Å². The summed E-state index contributed by atoms with van der Waals surface area (Å²) in [6, 6.07) is 28.1. The molecule has 0 unspecified atom stereocenters. The quantitative estimate of drug-likeness (QED) is 0.175. The van der Waals surface area contributed by atoms with Crippen molar-refractivity contribution in [3.63, 3.8) is 0 Å². The molecule has 3 atom stereocenters. The van der Waals surface area contributed by atoms with Crippen molar-refractivity contribution in [2.24, 2.45) is 5.92 Å². The molecule has 4 N–H and O–H groups in total. The Morgan fingerprint density at radius 3 is 2.04 bits per heavy atom. The van der Waals surface area contributed by atoms with Crippen LogP contribution in [-0.4, -0.2) is 63.1 Å². The molecule has 1 aromatic heterocycles. The van der Waals surface area contributed by atoms with E-state index in [4.69, 9.17) is 0 Å². The van der Waals surface area contributed by atoms with Gasteiger partial charge >= 0.3 is 6.03 Å². The summed E-state index contributed by atoms with van der Waals surface area (Å²) in [6.45, 7) is 9.62. The third-order valence-corrected chi connectivity index (χ3v) is 7.55. The first kappa shape index (κ1) is 34.1. The summed E-state index contributed by atoms with van der Waals surface area (Å²) in [5.41, 5.74) is 2.22. The number of nitrogens with zero attached hydrogens (tertiary/aromatic N) is 2. The largest absolute Gasteiger partial charge is 0.389 e. The molecule has 0 radical (unpaired) electrons. The highest BCUT2D eigenvalue weighted by Gasteiger charge is 2.32. The van der Waals surface area contributed by atoms with E-state index in [1.54, 1.807) is 11.0 Å². The number of para-hydroxylation sites is 1. The number of carbonyl (C=O) groups excluding carboxylic acids is 3. The Morgan fingerprint density at radius 1 is 0.804 bits per heavy atom. The van der Waals surface area contributed by atoms with Crippen molar-refractivity contribution in [2.45, 2.75) is 71.3 Å². The highest BCUT2D eigenvalue weighted by atomic mass is 16.3. The van der Waals surface area contributed by atoms with Gasteiger partial charge < -0.3 is 26.0 Å². The fourth-order valence-electron chi connectivity index (χ4n) is 5.14. The monoisotopic (exact) mass is 623 g/mol. The smallest absolute Gasteiger partial charge is 0.318 e. The Morgan fingerprint density at radius 2 is 1.41 bits per heavy atom. The molecule has 1 heterocycles. The first-order valence-electron chi connectivity index (χ1n) is 15.7. The summed E-state index contributed by atoms with van der Waals surface area (Å²) in [5, 5.41) is 21.4. The minimum atomic E-state index is -1.12. The molecule has 0 aliphatic heterocycles. The lowest BCUT2D eigenvalue weighted by atomic mass is 9.98. The number of benzene rings is 3. The van der Waals surface area contributed by atoms with E-state index < -0.39 is 35.5 Å². The third-order valence-electron chi connectivity index (χ3n) is 7.55. The topological polar surface area (TPSA) is 124 Å². The van der Waals surface area contributed by atoms with Crippen LogP contribution in [0, 0.1) is 5.92 Å². The highest BCUT2D eigenvalue weighted by molar-refractivity contribution is 5.98. The van der Waals surface area contributed by atoms with Gasteiger partial charge in [0.05, 0.1) is 24.2 Å². The molecule has 242 valence electrons. The highest BCUT2D eigenvalue weighted by Crippen LogP contribution is 2.15. The van der Waals surface area contributed by atoms with E-state index in [9.17, 15) is 19.5 Å². The van der Waals surface area contributed by atoms with Gasteiger partial charge in [-0.3, -0.25) is 9.59 Å². The summed E-state index contributed by atoms with van der Waals surface area (Å²) in [6.07, 6.45) is -0.803. The first-order chi connectivity index (χ1) is 21.9. The minimum absolute atomic E-state index is 0.0334. The average molecular weight is 624 g/mol. The molecule has 46 heavy (non-hydrogen) atoms. The molecule has 9 heteroatoms. The van der Waals surface area contributed by atoms with Gasteiger partial charge in [-0.05, 0) is 56.4 Å². The van der Waals surface area contributed by atoms with Crippen LogP contribution in [0.25, 0.3) is 10.9 Å². The van der Waals surface area contributed by atoms with Crippen LogP contribution in [0.5, 0.6) is 0 Å². The zero-order chi connectivity index (χ0) is 33.3. The number of fused-ring (bicyclic) bond motifs is 1. The lowest BCUT2D eigenvalue weighted by Gasteiger charge is -2.33. The van der Waals surface area contributed by atoms with Crippen LogP contribution in [0.4, 0.5) is 4.79 Å². The minimum Gasteiger partial charge on any atom is -0.389 e. The standard InChI is InChI=1S/C37H45N5O4/c1-25(2)33(40-34(44)30-21-20-28-18-12-13-19-29(28)38-30)35(45)39-31(22-26-14-8-6-9-15-26)32(43)24-42(36(46)41-37(3,4)5)23-27-16-10-7-11-17-27/h6-21,25,31-33,43H,22-24H2,1-5H3,(H,39,45)(H,40,44)(H,41,46)/t31-,32+,33-/m0/s1. The first-order valence-corrected chi connectivity index (χ1v) is 15.7.